The summed E-state index contributed by atoms with van der Waals surface area (Å²) in [4.78, 5) is 14.7. The van der Waals surface area contributed by atoms with Gasteiger partial charge in [-0.05, 0) is 53.1 Å². The van der Waals surface area contributed by atoms with Crippen LogP contribution in [0.2, 0.25) is 0 Å². The number of benzene rings is 1. The van der Waals surface area contributed by atoms with E-state index in [1.165, 1.54) is 4.63 Å². The van der Waals surface area contributed by atoms with Crippen LogP contribution in [0.25, 0.3) is 5.65 Å². The van der Waals surface area contributed by atoms with Crippen molar-refractivity contribution in [3.8, 4) is 5.75 Å². The second kappa shape index (κ2) is 7.56. The van der Waals surface area contributed by atoms with Gasteiger partial charge in [0.15, 0.2) is 11.5 Å². The number of ether oxygens (including phenoxy) is 1. The summed E-state index contributed by atoms with van der Waals surface area (Å²) in [7, 11) is 1.64. The lowest BCUT2D eigenvalue weighted by molar-refractivity contribution is -0.125. The number of methoxy groups -OCH3 is 1. The Bertz CT molecular complexity index is 925. The molecule has 9 nitrogen and oxygen atoms in total. The monoisotopic (exact) mass is 367 g/mol. The number of fused-ring (bicyclic) bond motifs is 1. The van der Waals surface area contributed by atoms with Gasteiger partial charge in [-0.2, -0.15) is 0 Å². The molecule has 9 heteroatoms. The Morgan fingerprint density at radius 1 is 1.26 bits per heavy atom. The van der Waals surface area contributed by atoms with E-state index in [0.29, 0.717) is 18.7 Å². The Morgan fingerprint density at radius 3 is 2.93 bits per heavy atom. The number of hydrogen-bond acceptors (Lipinski definition) is 7. The first-order valence-corrected chi connectivity index (χ1v) is 8.94. The summed E-state index contributed by atoms with van der Waals surface area (Å²) >= 11 is 0. The number of anilines is 1. The molecule has 4 rings (SSSR count). The summed E-state index contributed by atoms with van der Waals surface area (Å²) in [6.07, 6.45) is 1.81. The summed E-state index contributed by atoms with van der Waals surface area (Å²) in [5.74, 6) is 1.59. The Balaban J connectivity index is 1.37. The van der Waals surface area contributed by atoms with Crippen LogP contribution in [0.4, 0.5) is 5.82 Å². The molecule has 0 unspecified atom stereocenters. The molecule has 1 aromatic carbocycles. The van der Waals surface area contributed by atoms with Gasteiger partial charge in [-0.1, -0.05) is 12.1 Å². The maximum absolute atomic E-state index is 12.6. The van der Waals surface area contributed by atoms with E-state index in [1.807, 2.05) is 36.4 Å². The highest BCUT2D eigenvalue weighted by Gasteiger charge is 2.26. The van der Waals surface area contributed by atoms with E-state index in [1.54, 1.807) is 7.11 Å². The third-order valence-corrected chi connectivity index (χ3v) is 4.80. The van der Waals surface area contributed by atoms with Crippen LogP contribution in [-0.4, -0.2) is 51.4 Å². The zero-order valence-corrected chi connectivity index (χ0v) is 15.1. The fraction of sp³-hybridized carbons (Fsp3) is 0.389. The number of carbonyl (C=O) groups excluding carboxylic acids is 1. The SMILES string of the molecule is COc1ccc(CNC(=O)[C@H]2CCCN(c3ccc4nnnn4n3)C2)cc1. The van der Waals surface area contributed by atoms with Gasteiger partial charge in [0.25, 0.3) is 0 Å². The molecular formula is C18H21N7O2. The van der Waals surface area contributed by atoms with Gasteiger partial charge in [0.1, 0.15) is 5.75 Å². The average Bonchev–Trinajstić information content (AvgIpc) is 3.20. The molecule has 140 valence electrons. The van der Waals surface area contributed by atoms with E-state index in [0.717, 1.165) is 36.5 Å². The molecule has 0 saturated carbocycles. The predicted molar refractivity (Wildman–Crippen MR) is 98.4 cm³/mol. The first kappa shape index (κ1) is 17.2. The van der Waals surface area contributed by atoms with E-state index in [9.17, 15) is 4.79 Å². The van der Waals surface area contributed by atoms with Crippen LogP contribution in [0.1, 0.15) is 18.4 Å². The van der Waals surface area contributed by atoms with Gasteiger partial charge in [-0.3, -0.25) is 4.79 Å². The summed E-state index contributed by atoms with van der Waals surface area (Å²) in [6.45, 7) is 2.01. The fourth-order valence-corrected chi connectivity index (χ4v) is 3.29. The van der Waals surface area contributed by atoms with E-state index in [2.05, 4.69) is 30.8 Å². The number of nitrogens with one attached hydrogen (secondary N) is 1. The lowest BCUT2D eigenvalue weighted by Crippen LogP contribution is -2.43. The number of hydrogen-bond donors (Lipinski definition) is 1. The summed E-state index contributed by atoms with van der Waals surface area (Å²) in [5, 5.41) is 18.8. The van der Waals surface area contributed by atoms with Crippen molar-refractivity contribution in [2.45, 2.75) is 19.4 Å². The molecule has 3 aromatic rings. The zero-order chi connectivity index (χ0) is 18.6. The van der Waals surface area contributed by atoms with Crippen LogP contribution in [-0.2, 0) is 11.3 Å². The van der Waals surface area contributed by atoms with Crippen molar-refractivity contribution in [1.82, 2.24) is 30.6 Å². The molecule has 1 N–H and O–H groups in total. The maximum atomic E-state index is 12.6. The van der Waals surface area contributed by atoms with Crippen LogP contribution in [0, 0.1) is 5.92 Å². The number of tetrazole rings is 1. The fourth-order valence-electron chi connectivity index (χ4n) is 3.29. The van der Waals surface area contributed by atoms with Gasteiger partial charge in [-0.15, -0.1) is 14.8 Å². The molecule has 2 aromatic heterocycles. The molecule has 1 aliphatic heterocycles. The molecule has 3 heterocycles. The number of amides is 1. The summed E-state index contributed by atoms with van der Waals surface area (Å²) < 4.78 is 6.56. The third-order valence-electron chi connectivity index (χ3n) is 4.80. The van der Waals surface area contributed by atoms with Crippen LogP contribution in [0.15, 0.2) is 36.4 Å². The number of aromatic nitrogens is 5. The molecule has 0 bridgehead atoms. The Labute approximate surface area is 156 Å². The molecule has 1 aliphatic rings. The van der Waals surface area contributed by atoms with Crippen molar-refractivity contribution >= 4 is 17.4 Å². The number of piperidine rings is 1. The largest absolute Gasteiger partial charge is 0.497 e. The topological polar surface area (TPSA) is 97.5 Å². The zero-order valence-electron chi connectivity index (χ0n) is 15.1. The number of nitrogens with zero attached hydrogens (tertiary/aromatic N) is 6. The van der Waals surface area contributed by atoms with Gasteiger partial charge in [-0.25, -0.2) is 0 Å². The highest BCUT2D eigenvalue weighted by Crippen LogP contribution is 2.22. The van der Waals surface area contributed by atoms with Crippen LogP contribution < -0.4 is 15.0 Å². The highest BCUT2D eigenvalue weighted by atomic mass is 16.5. The molecule has 1 atom stereocenters. The van der Waals surface area contributed by atoms with Gasteiger partial charge >= 0.3 is 0 Å². The standard InChI is InChI=1S/C18H21N7O2/c1-27-15-6-4-13(5-7-15)11-19-18(26)14-3-2-10-24(12-14)17-9-8-16-20-22-23-25(16)21-17/h4-9,14H,2-3,10-12H2,1H3,(H,19,26)/t14-/m0/s1. The van der Waals surface area contributed by atoms with Crippen LogP contribution in [0.3, 0.4) is 0 Å². The van der Waals surface area contributed by atoms with Gasteiger partial charge in [0.2, 0.25) is 5.91 Å². The van der Waals surface area contributed by atoms with E-state index in [-0.39, 0.29) is 11.8 Å². The Morgan fingerprint density at radius 2 is 2.11 bits per heavy atom. The Kier molecular flexibility index (Phi) is 4.82. The second-order valence-corrected chi connectivity index (χ2v) is 6.57. The van der Waals surface area contributed by atoms with Crippen molar-refractivity contribution in [2.24, 2.45) is 5.92 Å². The van der Waals surface area contributed by atoms with Crippen LogP contribution in [0.5, 0.6) is 5.75 Å². The lowest BCUT2D eigenvalue weighted by atomic mass is 9.97. The second-order valence-electron chi connectivity index (χ2n) is 6.57. The third kappa shape index (κ3) is 3.81. The maximum Gasteiger partial charge on any atom is 0.225 e. The molecule has 0 spiro atoms. The molecule has 1 amide bonds. The first-order chi connectivity index (χ1) is 13.2. The number of rotatable bonds is 5. The molecule has 0 radical (unpaired) electrons. The van der Waals surface area contributed by atoms with E-state index < -0.39 is 0 Å². The molecule has 27 heavy (non-hydrogen) atoms. The molecule has 1 fully saturated rings. The van der Waals surface area contributed by atoms with Crippen LogP contribution >= 0.6 is 0 Å². The lowest BCUT2D eigenvalue weighted by Gasteiger charge is -2.32. The van der Waals surface area contributed by atoms with Gasteiger partial charge in [0.05, 0.1) is 13.0 Å². The first-order valence-electron chi connectivity index (χ1n) is 8.94. The molecule has 0 aliphatic carbocycles. The Hall–Kier alpha value is -3.23. The minimum atomic E-state index is -0.0663. The van der Waals surface area contributed by atoms with Gasteiger partial charge in [0, 0.05) is 19.6 Å². The van der Waals surface area contributed by atoms with Crippen molar-refractivity contribution < 1.29 is 9.53 Å². The quantitative estimate of drug-likeness (QED) is 0.720. The summed E-state index contributed by atoms with van der Waals surface area (Å²) in [6, 6.07) is 11.4. The molecular weight excluding hydrogens is 346 g/mol. The smallest absolute Gasteiger partial charge is 0.225 e. The highest BCUT2D eigenvalue weighted by molar-refractivity contribution is 5.79. The predicted octanol–water partition coefficient (Wildman–Crippen LogP) is 1.06. The molecule has 1 saturated heterocycles. The van der Waals surface area contributed by atoms with E-state index >= 15 is 0 Å². The van der Waals surface area contributed by atoms with Crippen molar-refractivity contribution in [3.63, 3.8) is 0 Å². The van der Waals surface area contributed by atoms with Crippen molar-refractivity contribution in [2.75, 3.05) is 25.1 Å². The minimum absolute atomic E-state index is 0.0663. The van der Waals surface area contributed by atoms with Gasteiger partial charge < -0.3 is 15.0 Å². The average molecular weight is 367 g/mol. The van der Waals surface area contributed by atoms with Crippen molar-refractivity contribution in [1.29, 1.82) is 0 Å². The minimum Gasteiger partial charge on any atom is -0.497 e. The van der Waals surface area contributed by atoms with Crippen molar-refractivity contribution in [3.05, 3.63) is 42.0 Å². The normalized spacial score (nSPS) is 17.1. The summed E-state index contributed by atoms with van der Waals surface area (Å²) in [5.41, 5.74) is 1.65. The van der Waals surface area contributed by atoms with E-state index in [4.69, 9.17) is 4.74 Å². The number of carbonyl (C=O) groups is 1.